The molecule has 1 aromatic carbocycles. The Balaban J connectivity index is 0.00000180. The summed E-state index contributed by atoms with van der Waals surface area (Å²) >= 11 is 0. The summed E-state index contributed by atoms with van der Waals surface area (Å²) in [6, 6.07) is 6.41. The molecular formula is C13H16ClF2N3. The van der Waals surface area contributed by atoms with Crippen LogP contribution in [0.3, 0.4) is 0 Å². The largest absolute Gasteiger partial charge is 0.378 e. The Morgan fingerprint density at radius 1 is 1.37 bits per heavy atom. The fourth-order valence-corrected chi connectivity index (χ4v) is 1.77. The molecule has 0 aliphatic carbocycles. The SMILES string of the molecule is Cc1c(NCc2cccc(F)c2)cnn1CCF.Cl. The van der Waals surface area contributed by atoms with Crippen molar-refractivity contribution in [2.75, 3.05) is 12.0 Å². The lowest BCUT2D eigenvalue weighted by atomic mass is 10.2. The zero-order valence-electron chi connectivity index (χ0n) is 10.6. The third-order valence-electron chi connectivity index (χ3n) is 2.77. The van der Waals surface area contributed by atoms with E-state index in [1.165, 1.54) is 12.1 Å². The maximum Gasteiger partial charge on any atom is 0.123 e. The number of nitrogens with zero attached hydrogens (tertiary/aromatic N) is 2. The standard InChI is InChI=1S/C13H15F2N3.ClH/c1-10-13(9-17-18(10)6-5-14)16-8-11-3-2-4-12(15)7-11;/h2-4,7,9,16H,5-6,8H2,1H3;1H. The molecule has 1 heterocycles. The number of benzene rings is 1. The van der Waals surface area contributed by atoms with E-state index in [-0.39, 0.29) is 24.8 Å². The van der Waals surface area contributed by atoms with Gasteiger partial charge in [-0.15, -0.1) is 12.4 Å². The van der Waals surface area contributed by atoms with Crippen LogP contribution in [0.15, 0.2) is 30.5 Å². The summed E-state index contributed by atoms with van der Waals surface area (Å²) in [6.07, 6.45) is 1.66. The number of alkyl halides is 1. The number of aryl methyl sites for hydroxylation is 1. The van der Waals surface area contributed by atoms with Gasteiger partial charge in [-0.25, -0.2) is 8.78 Å². The smallest absolute Gasteiger partial charge is 0.123 e. The second-order valence-electron chi connectivity index (χ2n) is 4.04. The molecule has 0 amide bonds. The molecule has 0 aliphatic rings. The maximum atomic E-state index is 13.0. The van der Waals surface area contributed by atoms with Crippen molar-refractivity contribution in [3.05, 3.63) is 47.5 Å². The minimum atomic E-state index is -0.439. The van der Waals surface area contributed by atoms with Crippen molar-refractivity contribution in [3.8, 4) is 0 Å². The Morgan fingerprint density at radius 3 is 2.84 bits per heavy atom. The molecule has 0 spiro atoms. The molecule has 0 radical (unpaired) electrons. The Hall–Kier alpha value is -1.62. The topological polar surface area (TPSA) is 29.9 Å². The zero-order valence-corrected chi connectivity index (χ0v) is 11.4. The minimum absolute atomic E-state index is 0. The minimum Gasteiger partial charge on any atom is -0.378 e. The van der Waals surface area contributed by atoms with Crippen molar-refractivity contribution in [1.82, 2.24) is 9.78 Å². The summed E-state index contributed by atoms with van der Waals surface area (Å²) in [6.45, 7) is 2.20. The Kier molecular flexibility index (Phi) is 5.76. The summed E-state index contributed by atoms with van der Waals surface area (Å²) in [4.78, 5) is 0. The predicted molar refractivity (Wildman–Crippen MR) is 73.9 cm³/mol. The highest BCUT2D eigenvalue weighted by atomic mass is 35.5. The quantitative estimate of drug-likeness (QED) is 0.914. The van der Waals surface area contributed by atoms with E-state index in [1.807, 2.05) is 13.0 Å². The molecule has 0 bridgehead atoms. The highest BCUT2D eigenvalue weighted by Crippen LogP contribution is 2.15. The summed E-state index contributed by atoms with van der Waals surface area (Å²) in [5, 5.41) is 7.24. The third kappa shape index (κ3) is 3.92. The van der Waals surface area contributed by atoms with Gasteiger partial charge in [-0.1, -0.05) is 12.1 Å². The molecule has 1 aromatic heterocycles. The van der Waals surface area contributed by atoms with E-state index in [0.717, 1.165) is 16.9 Å². The van der Waals surface area contributed by atoms with E-state index >= 15 is 0 Å². The molecule has 104 valence electrons. The van der Waals surface area contributed by atoms with Gasteiger partial charge in [0.1, 0.15) is 12.5 Å². The Morgan fingerprint density at radius 2 is 2.16 bits per heavy atom. The van der Waals surface area contributed by atoms with E-state index < -0.39 is 6.67 Å². The number of hydrogen-bond donors (Lipinski definition) is 1. The van der Waals surface area contributed by atoms with E-state index in [9.17, 15) is 8.78 Å². The van der Waals surface area contributed by atoms with Gasteiger partial charge < -0.3 is 5.32 Å². The van der Waals surface area contributed by atoms with Crippen LogP contribution in [0.25, 0.3) is 0 Å². The molecule has 19 heavy (non-hydrogen) atoms. The number of rotatable bonds is 5. The molecule has 1 N–H and O–H groups in total. The van der Waals surface area contributed by atoms with Crippen LogP contribution < -0.4 is 5.32 Å². The summed E-state index contributed by atoms with van der Waals surface area (Å²) < 4.78 is 26.8. The van der Waals surface area contributed by atoms with E-state index in [4.69, 9.17) is 0 Å². The van der Waals surface area contributed by atoms with Gasteiger partial charge in [-0.2, -0.15) is 5.10 Å². The average molecular weight is 288 g/mol. The lowest BCUT2D eigenvalue weighted by Gasteiger charge is -2.06. The van der Waals surface area contributed by atoms with Gasteiger partial charge >= 0.3 is 0 Å². The summed E-state index contributed by atoms with van der Waals surface area (Å²) in [7, 11) is 0. The second kappa shape index (κ2) is 7.09. The lowest BCUT2D eigenvalue weighted by Crippen LogP contribution is -2.05. The zero-order chi connectivity index (χ0) is 13.0. The predicted octanol–water partition coefficient (Wildman–Crippen LogP) is 3.33. The number of halogens is 3. The van der Waals surface area contributed by atoms with Crippen LogP contribution in [0, 0.1) is 12.7 Å². The fourth-order valence-electron chi connectivity index (χ4n) is 1.77. The van der Waals surface area contributed by atoms with Crippen molar-refractivity contribution in [3.63, 3.8) is 0 Å². The van der Waals surface area contributed by atoms with Gasteiger partial charge in [0.25, 0.3) is 0 Å². The molecule has 0 saturated heterocycles. The van der Waals surface area contributed by atoms with E-state index in [1.54, 1.807) is 16.9 Å². The number of hydrogen-bond acceptors (Lipinski definition) is 2. The summed E-state index contributed by atoms with van der Waals surface area (Å²) in [5.74, 6) is -0.251. The van der Waals surface area contributed by atoms with Crippen LogP contribution in [0.2, 0.25) is 0 Å². The van der Waals surface area contributed by atoms with Gasteiger partial charge in [0, 0.05) is 6.54 Å². The number of nitrogens with one attached hydrogen (secondary N) is 1. The number of anilines is 1. The molecule has 0 aliphatic heterocycles. The Labute approximate surface area is 117 Å². The fraction of sp³-hybridized carbons (Fsp3) is 0.308. The maximum absolute atomic E-state index is 13.0. The van der Waals surface area contributed by atoms with Crippen LogP contribution in [0.4, 0.5) is 14.5 Å². The molecule has 0 atom stereocenters. The molecule has 0 fully saturated rings. The molecule has 6 heteroatoms. The first-order chi connectivity index (χ1) is 8.70. The Bertz CT molecular complexity index is 528. The van der Waals surface area contributed by atoms with Crippen molar-refractivity contribution in [1.29, 1.82) is 0 Å². The van der Waals surface area contributed by atoms with Crippen molar-refractivity contribution < 1.29 is 8.78 Å². The van der Waals surface area contributed by atoms with Gasteiger partial charge in [-0.3, -0.25) is 4.68 Å². The molecule has 2 rings (SSSR count). The number of aromatic nitrogens is 2. The molecule has 0 saturated carbocycles. The van der Waals surface area contributed by atoms with Crippen LogP contribution >= 0.6 is 12.4 Å². The van der Waals surface area contributed by atoms with Crippen LogP contribution in [0.5, 0.6) is 0 Å². The van der Waals surface area contributed by atoms with E-state index in [2.05, 4.69) is 10.4 Å². The first kappa shape index (κ1) is 15.4. The monoisotopic (exact) mass is 287 g/mol. The van der Waals surface area contributed by atoms with Crippen molar-refractivity contribution in [2.24, 2.45) is 0 Å². The molecule has 0 unspecified atom stereocenters. The lowest BCUT2D eigenvalue weighted by molar-refractivity contribution is 0.423. The van der Waals surface area contributed by atoms with Crippen LogP contribution in [-0.2, 0) is 13.1 Å². The molecular weight excluding hydrogens is 272 g/mol. The first-order valence-corrected chi connectivity index (χ1v) is 5.77. The van der Waals surface area contributed by atoms with Crippen LogP contribution in [0.1, 0.15) is 11.3 Å². The third-order valence-corrected chi connectivity index (χ3v) is 2.77. The van der Waals surface area contributed by atoms with Crippen molar-refractivity contribution >= 4 is 18.1 Å². The normalized spacial score (nSPS) is 10.1. The molecule has 2 aromatic rings. The van der Waals surface area contributed by atoms with Crippen LogP contribution in [-0.4, -0.2) is 16.5 Å². The summed E-state index contributed by atoms with van der Waals surface area (Å²) in [5.41, 5.74) is 2.57. The van der Waals surface area contributed by atoms with Crippen molar-refractivity contribution in [2.45, 2.75) is 20.0 Å². The van der Waals surface area contributed by atoms with Gasteiger partial charge in [0.15, 0.2) is 0 Å². The van der Waals surface area contributed by atoms with Gasteiger partial charge in [0.2, 0.25) is 0 Å². The second-order valence-corrected chi connectivity index (χ2v) is 4.04. The van der Waals surface area contributed by atoms with Gasteiger partial charge in [-0.05, 0) is 24.6 Å². The first-order valence-electron chi connectivity index (χ1n) is 5.77. The van der Waals surface area contributed by atoms with Gasteiger partial charge in [0.05, 0.1) is 24.1 Å². The average Bonchev–Trinajstić information content (AvgIpc) is 2.69. The molecule has 3 nitrogen and oxygen atoms in total. The highest BCUT2D eigenvalue weighted by molar-refractivity contribution is 5.85. The highest BCUT2D eigenvalue weighted by Gasteiger charge is 2.05. The van der Waals surface area contributed by atoms with E-state index in [0.29, 0.717) is 6.54 Å².